The molecule has 0 nitrogen and oxygen atoms in total. The summed E-state index contributed by atoms with van der Waals surface area (Å²) >= 11 is 1.90. The maximum Gasteiger partial charge on any atom is 0.0364 e. The fourth-order valence-corrected chi connectivity index (χ4v) is 15.1. The Kier molecular flexibility index (Phi) is 10.8. The minimum atomic E-state index is -0.787. The van der Waals surface area contributed by atoms with E-state index in [0.717, 1.165) is 25.7 Å². The minimum absolute atomic E-state index is 0.259. The molecule has 5 aliphatic carbocycles. The number of allylic oxidation sites excluding steroid dienone is 21. The molecule has 12 rings (SSSR count). The van der Waals surface area contributed by atoms with Gasteiger partial charge < -0.3 is 0 Å². The standard InChI is InChI=1S/C65H51PS/c1-4-19-49(66(51-39-36-48(40-51)44-23-11-12-24-44)50-37-34-45(35-38-50)43-21-9-10-22-43)29-17-20-42(3)59-57(5-2)67-58-41-56-62-54(63(58)59)32-18-33-55(62)64-60(47-27-13-14-28-47)52-30-15-16-31-53(52)61(65(56)64)46-25-7-6-8-26-46/h4-11,13-19,21-27,29-39,41-43H,1-2,12,20,28,40H2,3H3/b29-17-,49-19+. The van der Waals surface area contributed by atoms with Crippen LogP contribution in [0.1, 0.15) is 66.0 Å². The predicted octanol–water partition coefficient (Wildman–Crippen LogP) is 18.7. The summed E-state index contributed by atoms with van der Waals surface area (Å²) in [7, 11) is -0.787. The van der Waals surface area contributed by atoms with Crippen LogP contribution in [0.4, 0.5) is 0 Å². The summed E-state index contributed by atoms with van der Waals surface area (Å²) in [5.41, 5.74) is 16.3. The first-order valence-electron chi connectivity index (χ1n) is 23.8. The first-order valence-corrected chi connectivity index (χ1v) is 25.9. The van der Waals surface area contributed by atoms with Crippen molar-refractivity contribution in [1.82, 2.24) is 0 Å². The van der Waals surface area contributed by atoms with Gasteiger partial charge in [-0.1, -0.05) is 220 Å². The van der Waals surface area contributed by atoms with Crippen molar-refractivity contribution in [3.63, 3.8) is 0 Å². The molecule has 0 saturated carbocycles. The summed E-state index contributed by atoms with van der Waals surface area (Å²) in [5, 5.41) is 10.9. The highest BCUT2D eigenvalue weighted by Crippen LogP contribution is 2.60. The van der Waals surface area contributed by atoms with E-state index in [9.17, 15) is 0 Å². The largest absolute Gasteiger partial charge is 0.136 e. The molecule has 5 aliphatic rings. The zero-order chi connectivity index (χ0) is 45.0. The SMILES string of the molecule is C=C/C=C(\C=C/CC(C)c1c(C=C)sc2cc3c4c(cccc4c12)-c1c-3c(-c2ccccc2)c2ccccc2c1C1=CC=CC1)P(C1=CC=C(C2=CCC=C2)C1)c1ccc(C2C=CC=C2)cc1. The van der Waals surface area contributed by atoms with Crippen molar-refractivity contribution >= 4 is 67.8 Å². The van der Waals surface area contributed by atoms with Gasteiger partial charge in [0.05, 0.1) is 0 Å². The van der Waals surface area contributed by atoms with Gasteiger partial charge in [-0.2, -0.15) is 0 Å². The first kappa shape index (κ1) is 41.5. The molecular formula is C65H51PS. The van der Waals surface area contributed by atoms with Crippen LogP contribution in [-0.2, 0) is 0 Å². The Hall–Kier alpha value is -6.89. The predicted molar refractivity (Wildman–Crippen MR) is 296 cm³/mol. The molecule has 0 fully saturated rings. The van der Waals surface area contributed by atoms with Crippen molar-refractivity contribution in [3.8, 4) is 33.4 Å². The van der Waals surface area contributed by atoms with E-state index in [1.165, 1.54) is 119 Å². The average molecular weight is 895 g/mol. The normalized spacial score (nSPS) is 17.0. The van der Waals surface area contributed by atoms with Crippen LogP contribution >= 0.6 is 19.3 Å². The van der Waals surface area contributed by atoms with Crippen LogP contribution in [0.5, 0.6) is 0 Å². The number of benzene rings is 6. The van der Waals surface area contributed by atoms with Crippen molar-refractivity contribution < 1.29 is 0 Å². The van der Waals surface area contributed by atoms with Gasteiger partial charge in [0.1, 0.15) is 0 Å². The maximum absolute atomic E-state index is 4.42. The zero-order valence-corrected chi connectivity index (χ0v) is 39.6. The second-order valence-corrected chi connectivity index (χ2v) is 21.6. The topological polar surface area (TPSA) is 0 Å². The van der Waals surface area contributed by atoms with Crippen LogP contribution in [0.15, 0.2) is 235 Å². The Bertz CT molecular complexity index is 3530. The van der Waals surface area contributed by atoms with Gasteiger partial charge in [-0.25, -0.2) is 0 Å². The fraction of sp³-hybridized carbons (Fsp3) is 0.108. The summed E-state index contributed by atoms with van der Waals surface area (Å²) in [6, 6.07) is 39.2. The van der Waals surface area contributed by atoms with E-state index in [1.807, 2.05) is 17.4 Å². The zero-order valence-electron chi connectivity index (χ0n) is 37.9. The highest BCUT2D eigenvalue weighted by molar-refractivity contribution is 7.73. The minimum Gasteiger partial charge on any atom is -0.136 e. The summed E-state index contributed by atoms with van der Waals surface area (Å²) in [6.07, 6.45) is 42.4. The fourth-order valence-electron chi connectivity index (χ4n) is 11.4. The van der Waals surface area contributed by atoms with E-state index in [-0.39, 0.29) is 5.92 Å². The molecule has 322 valence electrons. The third kappa shape index (κ3) is 7.07. The number of rotatable bonds is 13. The van der Waals surface area contributed by atoms with Crippen molar-refractivity contribution in [2.24, 2.45) is 0 Å². The Morgan fingerprint density at radius 2 is 1.52 bits per heavy atom. The number of hydrogen-bond acceptors (Lipinski definition) is 1. The smallest absolute Gasteiger partial charge is 0.0364 e. The van der Waals surface area contributed by atoms with E-state index in [1.54, 1.807) is 0 Å². The molecule has 0 saturated heterocycles. The van der Waals surface area contributed by atoms with Crippen LogP contribution in [0.2, 0.25) is 0 Å². The van der Waals surface area contributed by atoms with Crippen LogP contribution in [-0.4, -0.2) is 0 Å². The molecular weight excluding hydrogens is 844 g/mol. The first-order chi connectivity index (χ1) is 33.1. The Balaban J connectivity index is 0.949. The number of fused-ring (bicyclic) bond motifs is 6. The molecule has 67 heavy (non-hydrogen) atoms. The van der Waals surface area contributed by atoms with Gasteiger partial charge in [-0.05, 0) is 150 Å². The van der Waals surface area contributed by atoms with E-state index in [0.29, 0.717) is 5.92 Å². The number of hydrogen-bond donors (Lipinski definition) is 0. The molecule has 2 heteroatoms. The van der Waals surface area contributed by atoms with Crippen LogP contribution in [0.25, 0.3) is 76.7 Å². The van der Waals surface area contributed by atoms with Crippen molar-refractivity contribution in [1.29, 1.82) is 0 Å². The van der Waals surface area contributed by atoms with Crippen molar-refractivity contribution in [3.05, 3.63) is 257 Å². The molecule has 2 unspecified atom stereocenters. The highest BCUT2D eigenvalue weighted by Gasteiger charge is 2.33. The quantitative estimate of drug-likeness (QED) is 0.0799. The third-order valence-corrected chi connectivity index (χ3v) is 18.0. The van der Waals surface area contributed by atoms with Gasteiger partial charge in [0.25, 0.3) is 0 Å². The third-order valence-electron chi connectivity index (χ3n) is 14.4. The van der Waals surface area contributed by atoms with E-state index in [2.05, 4.69) is 220 Å². The second-order valence-electron chi connectivity index (χ2n) is 18.3. The second kappa shape index (κ2) is 17.4. The summed E-state index contributed by atoms with van der Waals surface area (Å²) in [6.45, 7) is 11.1. The van der Waals surface area contributed by atoms with Gasteiger partial charge >= 0.3 is 0 Å². The van der Waals surface area contributed by atoms with Gasteiger partial charge in [-0.15, -0.1) is 11.3 Å². The van der Waals surface area contributed by atoms with E-state index >= 15 is 0 Å². The average Bonchev–Trinajstić information content (AvgIpc) is 4.24. The number of thiophene rings is 1. The summed E-state index contributed by atoms with van der Waals surface area (Å²) < 4.78 is 1.33. The Labute approximate surface area is 400 Å². The van der Waals surface area contributed by atoms with E-state index < -0.39 is 7.92 Å². The lowest BCUT2D eigenvalue weighted by atomic mass is 9.82. The van der Waals surface area contributed by atoms with Gasteiger partial charge in [0.2, 0.25) is 0 Å². The van der Waals surface area contributed by atoms with Crippen molar-refractivity contribution in [2.75, 3.05) is 0 Å². The van der Waals surface area contributed by atoms with Gasteiger partial charge in [0.15, 0.2) is 0 Å². The van der Waals surface area contributed by atoms with Crippen LogP contribution in [0, 0.1) is 0 Å². The Morgan fingerprint density at radius 3 is 2.27 bits per heavy atom. The van der Waals surface area contributed by atoms with Gasteiger partial charge in [0, 0.05) is 20.9 Å². The molecule has 0 aliphatic heterocycles. The van der Waals surface area contributed by atoms with Crippen LogP contribution < -0.4 is 5.30 Å². The molecule has 6 aromatic carbocycles. The summed E-state index contributed by atoms with van der Waals surface area (Å²) in [4.78, 5) is 1.27. The molecule has 0 bridgehead atoms. The highest BCUT2D eigenvalue weighted by atomic mass is 32.1. The summed E-state index contributed by atoms with van der Waals surface area (Å²) in [5.74, 6) is 0.605. The molecule has 0 radical (unpaired) electrons. The monoisotopic (exact) mass is 894 g/mol. The van der Waals surface area contributed by atoms with Gasteiger partial charge in [-0.3, -0.25) is 0 Å². The lowest BCUT2D eigenvalue weighted by molar-refractivity contribution is 0.790. The molecule has 1 aromatic heterocycles. The molecule has 0 spiro atoms. The maximum atomic E-state index is 4.42. The molecule has 0 N–H and O–H groups in total. The van der Waals surface area contributed by atoms with Crippen molar-refractivity contribution in [2.45, 2.75) is 44.4 Å². The van der Waals surface area contributed by atoms with Crippen LogP contribution in [0.3, 0.4) is 0 Å². The molecule has 2 atom stereocenters. The molecule has 7 aromatic rings. The lowest BCUT2D eigenvalue weighted by Gasteiger charge is -2.23. The lowest BCUT2D eigenvalue weighted by Crippen LogP contribution is -2.05. The Morgan fingerprint density at radius 1 is 0.746 bits per heavy atom. The van der Waals surface area contributed by atoms with E-state index in [4.69, 9.17) is 0 Å². The molecule has 0 amide bonds. The molecule has 1 heterocycles.